The number of ether oxygens (including phenoxy) is 5. The number of allylic oxidation sites excluding steroid dienone is 1. The lowest BCUT2D eigenvalue weighted by Crippen LogP contribution is -2.22. The number of aliphatic hydroxyl groups is 1. The molecule has 1 aliphatic rings. The van der Waals surface area contributed by atoms with Gasteiger partial charge in [-0.2, -0.15) is 0 Å². The molecule has 0 heterocycles. The van der Waals surface area contributed by atoms with Crippen molar-refractivity contribution in [3.8, 4) is 22.6 Å². The van der Waals surface area contributed by atoms with Crippen molar-refractivity contribution in [1.82, 2.24) is 0 Å². The molecule has 1 saturated carbocycles. The van der Waals surface area contributed by atoms with Crippen molar-refractivity contribution < 1.29 is 52.8 Å². The van der Waals surface area contributed by atoms with Crippen molar-refractivity contribution in [3.63, 3.8) is 0 Å². The lowest BCUT2D eigenvalue weighted by molar-refractivity contribution is -0.155. The summed E-state index contributed by atoms with van der Waals surface area (Å²) in [5, 5.41) is 8.62. The van der Waals surface area contributed by atoms with Crippen molar-refractivity contribution in [2.45, 2.75) is 76.7 Å². The molecule has 0 saturated heterocycles. The molecule has 292 valence electrons. The highest BCUT2D eigenvalue weighted by atomic mass is 16.6. The van der Waals surface area contributed by atoms with Gasteiger partial charge in [0.2, 0.25) is 0 Å². The molecule has 11 heteroatoms. The number of aliphatic hydroxyl groups excluding tert-OH is 1. The summed E-state index contributed by atoms with van der Waals surface area (Å²) in [6, 6.07) is 22.4. The third kappa shape index (κ3) is 15.4. The normalized spacial score (nSPS) is 12.8. The molecule has 3 aromatic carbocycles. The molecule has 55 heavy (non-hydrogen) atoms. The average Bonchev–Trinajstić information content (AvgIpc) is 3.21. The molecule has 1 fully saturated rings. The van der Waals surface area contributed by atoms with E-state index in [0.717, 1.165) is 73.8 Å². The van der Waals surface area contributed by atoms with E-state index in [1.54, 1.807) is 24.3 Å². The number of rotatable bonds is 23. The summed E-state index contributed by atoms with van der Waals surface area (Å²) in [6.45, 7) is 4.00. The Morgan fingerprint density at radius 3 is 1.84 bits per heavy atom. The lowest BCUT2D eigenvalue weighted by Gasteiger charge is -2.21. The van der Waals surface area contributed by atoms with Crippen LogP contribution in [0.1, 0.15) is 86.6 Å². The number of ketones is 2. The summed E-state index contributed by atoms with van der Waals surface area (Å²) in [7, 11) is 0. The zero-order valence-electron chi connectivity index (χ0n) is 31.2. The molecule has 0 radical (unpaired) electrons. The smallest absolute Gasteiger partial charge is 0.377 e. The van der Waals surface area contributed by atoms with E-state index in [1.165, 1.54) is 0 Å². The molecule has 3 aromatic rings. The minimum atomic E-state index is -1.00. The Morgan fingerprint density at radius 1 is 0.655 bits per heavy atom. The maximum absolute atomic E-state index is 12.8. The van der Waals surface area contributed by atoms with Gasteiger partial charge in [-0.05, 0) is 98.4 Å². The van der Waals surface area contributed by atoms with Crippen molar-refractivity contribution in [1.29, 1.82) is 0 Å². The Labute approximate surface area is 322 Å². The Hall–Kier alpha value is -5.55. The fourth-order valence-corrected chi connectivity index (χ4v) is 5.74. The van der Waals surface area contributed by atoms with E-state index in [2.05, 4.69) is 6.58 Å². The first kappa shape index (κ1) is 42.2. The van der Waals surface area contributed by atoms with Gasteiger partial charge < -0.3 is 28.8 Å². The van der Waals surface area contributed by atoms with Crippen LogP contribution in [0.3, 0.4) is 0 Å². The highest BCUT2D eigenvalue weighted by Crippen LogP contribution is 2.24. The van der Waals surface area contributed by atoms with E-state index in [9.17, 15) is 24.0 Å². The maximum Gasteiger partial charge on any atom is 0.377 e. The zero-order valence-corrected chi connectivity index (χ0v) is 31.2. The molecule has 0 bridgehead atoms. The topological polar surface area (TPSA) is 152 Å². The molecule has 1 aliphatic carbocycles. The van der Waals surface area contributed by atoms with Crippen LogP contribution in [0.2, 0.25) is 0 Å². The van der Waals surface area contributed by atoms with E-state index in [-0.39, 0.29) is 37.1 Å². The molecule has 0 unspecified atom stereocenters. The molecule has 0 amide bonds. The minimum Gasteiger partial charge on any atom is -0.494 e. The first-order chi connectivity index (χ1) is 26.7. The van der Waals surface area contributed by atoms with Crippen molar-refractivity contribution in [2.75, 3.05) is 33.0 Å². The summed E-state index contributed by atoms with van der Waals surface area (Å²) < 4.78 is 27.0. The average molecular weight is 755 g/mol. The van der Waals surface area contributed by atoms with Crippen LogP contribution in [0.4, 0.5) is 0 Å². The van der Waals surface area contributed by atoms with Gasteiger partial charge in [0.1, 0.15) is 24.2 Å². The van der Waals surface area contributed by atoms with Crippen LogP contribution in [0.5, 0.6) is 11.5 Å². The third-order valence-corrected chi connectivity index (χ3v) is 8.86. The summed E-state index contributed by atoms with van der Waals surface area (Å²) in [5.74, 6) is -1.70. The van der Waals surface area contributed by atoms with Gasteiger partial charge >= 0.3 is 17.9 Å². The second-order valence-corrected chi connectivity index (χ2v) is 13.2. The van der Waals surface area contributed by atoms with Gasteiger partial charge in [-0.15, -0.1) is 0 Å². The molecule has 0 atom stereocenters. The van der Waals surface area contributed by atoms with Gasteiger partial charge in [0, 0.05) is 17.6 Å². The van der Waals surface area contributed by atoms with Crippen molar-refractivity contribution >= 4 is 35.6 Å². The van der Waals surface area contributed by atoms with Crippen LogP contribution in [0, 0.1) is 0 Å². The molecule has 0 aromatic heterocycles. The number of Topliss-reactive ketones (excluding diaryl/α,β-unsaturated/α-hetero) is 1. The van der Waals surface area contributed by atoms with Gasteiger partial charge in [-0.25, -0.2) is 9.59 Å². The largest absolute Gasteiger partial charge is 0.494 e. The van der Waals surface area contributed by atoms with E-state index < -0.39 is 30.3 Å². The van der Waals surface area contributed by atoms with Gasteiger partial charge in [0.25, 0.3) is 5.78 Å². The van der Waals surface area contributed by atoms with Gasteiger partial charge in [-0.1, -0.05) is 67.6 Å². The Kier molecular flexibility index (Phi) is 17.9. The van der Waals surface area contributed by atoms with E-state index in [4.69, 9.17) is 28.8 Å². The molecule has 0 spiro atoms. The van der Waals surface area contributed by atoms with Crippen LogP contribution < -0.4 is 9.47 Å². The maximum atomic E-state index is 12.8. The Bertz CT molecular complexity index is 1740. The highest BCUT2D eigenvalue weighted by Gasteiger charge is 2.20. The summed E-state index contributed by atoms with van der Waals surface area (Å²) in [6.07, 6.45) is 11.7. The van der Waals surface area contributed by atoms with E-state index in [0.29, 0.717) is 37.4 Å². The number of benzene rings is 3. The van der Waals surface area contributed by atoms with Crippen molar-refractivity contribution in [2.24, 2.45) is 0 Å². The predicted octanol–water partition coefficient (Wildman–Crippen LogP) is 7.43. The predicted molar refractivity (Wildman–Crippen MR) is 206 cm³/mol. The first-order valence-electron chi connectivity index (χ1n) is 18.9. The summed E-state index contributed by atoms with van der Waals surface area (Å²) >= 11 is 0. The van der Waals surface area contributed by atoms with Crippen LogP contribution in [0.15, 0.2) is 91.0 Å². The van der Waals surface area contributed by atoms with Crippen molar-refractivity contribution in [3.05, 3.63) is 102 Å². The quantitative estimate of drug-likeness (QED) is 0.0257. The van der Waals surface area contributed by atoms with E-state index >= 15 is 0 Å². The molecule has 11 nitrogen and oxygen atoms in total. The number of hydrogen-bond donors (Lipinski definition) is 1. The number of hydrogen-bond acceptors (Lipinski definition) is 11. The SMILES string of the molecule is C=C(CC(=O)OC1CCCCC1)C(=O)OCCCOc1ccc(-c2ccc(C(=O)/C=C/c3ccc(OCCCCCCOC(=O)C(=O)CO)cc3)cc2)cc1. The van der Waals surface area contributed by atoms with Gasteiger partial charge in [-0.3, -0.25) is 14.4 Å². The van der Waals surface area contributed by atoms with Crippen LogP contribution in [-0.4, -0.2) is 73.7 Å². The molecule has 1 N–H and O–H groups in total. The van der Waals surface area contributed by atoms with Crippen LogP contribution in [0.25, 0.3) is 17.2 Å². The second-order valence-electron chi connectivity index (χ2n) is 13.2. The molecule has 0 aliphatic heterocycles. The number of unbranched alkanes of at least 4 members (excludes halogenated alkanes) is 3. The first-order valence-corrected chi connectivity index (χ1v) is 18.9. The summed E-state index contributed by atoms with van der Waals surface area (Å²) in [5.41, 5.74) is 3.44. The Morgan fingerprint density at radius 2 is 1.20 bits per heavy atom. The molecule has 4 rings (SSSR count). The third-order valence-electron chi connectivity index (χ3n) is 8.86. The Balaban J connectivity index is 1.09. The molecular weight excluding hydrogens is 704 g/mol. The number of carbonyl (C=O) groups is 5. The lowest BCUT2D eigenvalue weighted by atomic mass is 9.98. The monoisotopic (exact) mass is 754 g/mol. The number of carbonyl (C=O) groups excluding carboxylic acids is 5. The molecular formula is C44H50O11. The summed E-state index contributed by atoms with van der Waals surface area (Å²) in [4.78, 5) is 59.3. The van der Waals surface area contributed by atoms with Crippen LogP contribution >= 0.6 is 0 Å². The van der Waals surface area contributed by atoms with Gasteiger partial charge in [0.05, 0.1) is 32.8 Å². The fraction of sp³-hybridized carbons (Fsp3) is 0.386. The highest BCUT2D eigenvalue weighted by molar-refractivity contribution is 6.34. The fourth-order valence-electron chi connectivity index (χ4n) is 5.74. The zero-order chi connectivity index (χ0) is 39.3. The second kappa shape index (κ2) is 23.3. The minimum absolute atomic E-state index is 0.0636. The van der Waals surface area contributed by atoms with Gasteiger partial charge in [0.15, 0.2) is 5.78 Å². The van der Waals surface area contributed by atoms with E-state index in [1.807, 2.05) is 60.7 Å². The standard InChI is InChI=1S/C44H50O11/c1-32(30-42(48)55-39-10-5-4-6-11-39)43(49)53-29-9-28-52-38-23-19-35(20-24-38)34-15-17-36(18-16-34)40(46)25-14-33-12-21-37(22-13-33)51-26-7-2-3-8-27-54-44(50)41(47)31-45/h12-25,39,45H,1-11,26-31H2/b25-14+. The van der Waals surface area contributed by atoms with Crippen LogP contribution in [-0.2, 0) is 33.4 Å². The number of esters is 3.